The van der Waals surface area contributed by atoms with Crippen molar-refractivity contribution in [2.75, 3.05) is 5.73 Å². The van der Waals surface area contributed by atoms with Gasteiger partial charge in [-0.25, -0.2) is 4.39 Å². The van der Waals surface area contributed by atoms with Gasteiger partial charge in [0.1, 0.15) is 17.3 Å². The van der Waals surface area contributed by atoms with Crippen molar-refractivity contribution >= 4 is 17.4 Å². The van der Waals surface area contributed by atoms with Gasteiger partial charge >= 0.3 is 0 Å². The summed E-state index contributed by atoms with van der Waals surface area (Å²) in [4.78, 5) is 3.99. The minimum absolute atomic E-state index is 0.296. The van der Waals surface area contributed by atoms with Gasteiger partial charge in [-0.2, -0.15) is 5.10 Å². The summed E-state index contributed by atoms with van der Waals surface area (Å²) in [6.45, 7) is 0. The lowest BCUT2D eigenvalue weighted by molar-refractivity contribution is 0.628. The molecular weight excluding hydrogens is 291 g/mol. The molecule has 2 N–H and O–H groups in total. The Morgan fingerprint density at radius 3 is 2.57 bits per heavy atom. The molecule has 0 amide bonds. The maximum absolute atomic E-state index is 13.2. The second-order valence-electron chi connectivity index (χ2n) is 4.59. The highest BCUT2D eigenvalue weighted by Crippen LogP contribution is 2.39. The van der Waals surface area contributed by atoms with E-state index in [1.165, 1.54) is 12.1 Å². The van der Waals surface area contributed by atoms with Gasteiger partial charge in [0.15, 0.2) is 0 Å². The van der Waals surface area contributed by atoms with Gasteiger partial charge in [0.05, 0.1) is 10.6 Å². The van der Waals surface area contributed by atoms with Crippen molar-refractivity contribution in [3.63, 3.8) is 0 Å². The molecule has 0 saturated carbocycles. The van der Waals surface area contributed by atoms with Gasteiger partial charge in [0.25, 0.3) is 0 Å². The Morgan fingerprint density at radius 1 is 1.19 bits per heavy atom. The average molecular weight is 303 g/mol. The second-order valence-corrected chi connectivity index (χ2v) is 5.00. The van der Waals surface area contributed by atoms with E-state index in [0.717, 1.165) is 5.56 Å². The smallest absolute Gasteiger partial charge is 0.129 e. The maximum Gasteiger partial charge on any atom is 0.129 e. The number of hydrogen-bond donors (Lipinski definition) is 1. The summed E-state index contributed by atoms with van der Waals surface area (Å²) in [5, 5.41) is 4.73. The number of anilines is 1. The molecule has 0 aliphatic heterocycles. The molecule has 3 rings (SSSR count). The van der Waals surface area contributed by atoms with Crippen LogP contribution in [0.15, 0.2) is 42.7 Å². The third kappa shape index (κ3) is 2.36. The summed E-state index contributed by atoms with van der Waals surface area (Å²) < 4.78 is 14.8. The van der Waals surface area contributed by atoms with E-state index in [0.29, 0.717) is 27.7 Å². The fraction of sp³-hybridized carbons (Fsp3) is 0.0667. The van der Waals surface area contributed by atoms with Crippen LogP contribution in [0.1, 0.15) is 0 Å². The van der Waals surface area contributed by atoms with Gasteiger partial charge in [-0.15, -0.1) is 0 Å². The zero-order valence-corrected chi connectivity index (χ0v) is 12.0. The van der Waals surface area contributed by atoms with E-state index in [1.807, 2.05) is 12.1 Å². The first-order valence-electron chi connectivity index (χ1n) is 6.26. The third-order valence-corrected chi connectivity index (χ3v) is 3.56. The van der Waals surface area contributed by atoms with Crippen LogP contribution < -0.4 is 5.73 Å². The normalized spacial score (nSPS) is 10.8. The SMILES string of the molecule is Cn1nc(-c2ccncc2)c(-c2ccc(F)cc2Cl)c1N. The van der Waals surface area contributed by atoms with Crippen LogP contribution in [0, 0.1) is 5.82 Å². The highest BCUT2D eigenvalue weighted by Gasteiger charge is 2.19. The van der Waals surface area contributed by atoms with Crippen LogP contribution in [0.3, 0.4) is 0 Å². The van der Waals surface area contributed by atoms with Crippen LogP contribution in [0.2, 0.25) is 5.02 Å². The van der Waals surface area contributed by atoms with Crippen molar-refractivity contribution in [2.24, 2.45) is 7.05 Å². The largest absolute Gasteiger partial charge is 0.383 e. The third-order valence-electron chi connectivity index (χ3n) is 3.25. The topological polar surface area (TPSA) is 56.7 Å². The van der Waals surface area contributed by atoms with Crippen molar-refractivity contribution in [1.82, 2.24) is 14.8 Å². The van der Waals surface area contributed by atoms with Crippen molar-refractivity contribution in [3.05, 3.63) is 53.6 Å². The molecule has 0 atom stereocenters. The van der Waals surface area contributed by atoms with Gasteiger partial charge in [-0.3, -0.25) is 9.67 Å². The highest BCUT2D eigenvalue weighted by molar-refractivity contribution is 6.33. The highest BCUT2D eigenvalue weighted by atomic mass is 35.5. The standard InChI is InChI=1S/C15H12ClFN4/c1-21-15(18)13(11-3-2-10(17)8-12(11)16)14(20-21)9-4-6-19-7-5-9/h2-8H,18H2,1H3. The number of rotatable bonds is 2. The summed E-state index contributed by atoms with van der Waals surface area (Å²) in [5.41, 5.74) is 9.00. The van der Waals surface area contributed by atoms with E-state index < -0.39 is 5.82 Å². The Morgan fingerprint density at radius 2 is 1.90 bits per heavy atom. The predicted molar refractivity (Wildman–Crippen MR) is 81.3 cm³/mol. The number of aromatic nitrogens is 3. The van der Waals surface area contributed by atoms with E-state index in [1.54, 1.807) is 30.2 Å². The summed E-state index contributed by atoms with van der Waals surface area (Å²) in [7, 11) is 1.75. The Kier molecular flexibility index (Phi) is 3.35. The van der Waals surface area contributed by atoms with Crippen molar-refractivity contribution in [2.45, 2.75) is 0 Å². The van der Waals surface area contributed by atoms with Crippen molar-refractivity contribution in [3.8, 4) is 22.4 Å². The van der Waals surface area contributed by atoms with Gasteiger partial charge in [0, 0.05) is 30.6 Å². The van der Waals surface area contributed by atoms with E-state index in [4.69, 9.17) is 17.3 Å². The molecule has 0 fully saturated rings. The number of nitrogens with two attached hydrogens (primary N) is 1. The van der Waals surface area contributed by atoms with Crippen LogP contribution in [0.25, 0.3) is 22.4 Å². The molecule has 2 aromatic heterocycles. The molecule has 6 heteroatoms. The van der Waals surface area contributed by atoms with Crippen LogP contribution in [0.4, 0.5) is 10.2 Å². The maximum atomic E-state index is 13.2. The Balaban J connectivity index is 2.27. The summed E-state index contributed by atoms with van der Waals surface area (Å²) in [5.74, 6) is 0.0759. The molecule has 3 aromatic rings. The first kappa shape index (κ1) is 13.6. The molecule has 0 aliphatic rings. The molecule has 2 heterocycles. The number of nitrogen functional groups attached to an aromatic ring is 1. The molecule has 106 valence electrons. The zero-order chi connectivity index (χ0) is 15.0. The number of benzene rings is 1. The van der Waals surface area contributed by atoms with Crippen molar-refractivity contribution in [1.29, 1.82) is 0 Å². The molecule has 21 heavy (non-hydrogen) atoms. The molecule has 4 nitrogen and oxygen atoms in total. The second kappa shape index (κ2) is 5.18. The van der Waals surface area contributed by atoms with Gasteiger partial charge < -0.3 is 5.73 Å². The monoisotopic (exact) mass is 302 g/mol. The Bertz CT molecular complexity index is 799. The number of aryl methyl sites for hydroxylation is 1. The Hall–Kier alpha value is -2.40. The molecule has 0 unspecified atom stereocenters. The van der Waals surface area contributed by atoms with Gasteiger partial charge in [-0.1, -0.05) is 11.6 Å². The van der Waals surface area contributed by atoms with Crippen LogP contribution >= 0.6 is 11.6 Å². The molecule has 1 aromatic carbocycles. The van der Waals surface area contributed by atoms with E-state index in [9.17, 15) is 4.39 Å². The quantitative estimate of drug-likeness (QED) is 0.788. The van der Waals surface area contributed by atoms with Gasteiger partial charge in [-0.05, 0) is 30.3 Å². The summed E-state index contributed by atoms with van der Waals surface area (Å²) >= 11 is 6.16. The van der Waals surface area contributed by atoms with Crippen LogP contribution in [-0.2, 0) is 7.05 Å². The molecule has 0 spiro atoms. The van der Waals surface area contributed by atoms with E-state index in [2.05, 4.69) is 10.1 Å². The lowest BCUT2D eigenvalue weighted by atomic mass is 10.0. The van der Waals surface area contributed by atoms with E-state index >= 15 is 0 Å². The number of halogens is 2. The number of hydrogen-bond acceptors (Lipinski definition) is 3. The molecule has 0 aliphatic carbocycles. The fourth-order valence-corrected chi connectivity index (χ4v) is 2.47. The number of pyridine rings is 1. The Labute approximate surface area is 126 Å². The first-order chi connectivity index (χ1) is 10.1. The molecule has 0 bridgehead atoms. The fourth-order valence-electron chi connectivity index (χ4n) is 2.21. The molecule has 0 saturated heterocycles. The van der Waals surface area contributed by atoms with Crippen LogP contribution in [0.5, 0.6) is 0 Å². The lowest BCUT2D eigenvalue weighted by Crippen LogP contribution is -1.98. The van der Waals surface area contributed by atoms with E-state index in [-0.39, 0.29) is 0 Å². The number of nitrogens with zero attached hydrogens (tertiary/aromatic N) is 3. The average Bonchev–Trinajstić information content (AvgIpc) is 2.76. The first-order valence-corrected chi connectivity index (χ1v) is 6.64. The minimum Gasteiger partial charge on any atom is -0.383 e. The minimum atomic E-state index is -0.392. The predicted octanol–water partition coefficient (Wildman–Crippen LogP) is 3.52. The lowest BCUT2D eigenvalue weighted by Gasteiger charge is -2.06. The summed E-state index contributed by atoms with van der Waals surface area (Å²) in [6.07, 6.45) is 3.35. The van der Waals surface area contributed by atoms with Crippen LogP contribution in [-0.4, -0.2) is 14.8 Å². The van der Waals surface area contributed by atoms with Gasteiger partial charge in [0.2, 0.25) is 0 Å². The zero-order valence-electron chi connectivity index (χ0n) is 11.2. The molecule has 0 radical (unpaired) electrons. The van der Waals surface area contributed by atoms with Crippen molar-refractivity contribution < 1.29 is 4.39 Å². The molecular formula is C15H12ClFN4. The summed E-state index contributed by atoms with van der Waals surface area (Å²) in [6, 6.07) is 7.89.